The molecule has 0 spiro atoms. The minimum atomic E-state index is 0.360. The third kappa shape index (κ3) is 1.83. The predicted molar refractivity (Wildman–Crippen MR) is 41.8 cm³/mol. The summed E-state index contributed by atoms with van der Waals surface area (Å²) in [5.74, 6) is 1.86. The third-order valence-corrected chi connectivity index (χ3v) is 2.59. The van der Waals surface area contributed by atoms with Crippen molar-refractivity contribution in [3.63, 3.8) is 0 Å². The monoisotopic (exact) mass is 140 g/mol. The first kappa shape index (κ1) is 7.77. The largest absolute Gasteiger partial charge is 0.300 e. The van der Waals surface area contributed by atoms with Crippen molar-refractivity contribution in [1.29, 1.82) is 0 Å². The molecule has 1 aliphatic rings. The van der Waals surface area contributed by atoms with Gasteiger partial charge in [-0.15, -0.1) is 0 Å². The van der Waals surface area contributed by atoms with Gasteiger partial charge in [-0.1, -0.05) is 19.8 Å². The first-order chi connectivity index (χ1) is 4.70. The lowest BCUT2D eigenvalue weighted by molar-refractivity contribution is -0.118. The van der Waals surface area contributed by atoms with Crippen LogP contribution in [0, 0.1) is 11.8 Å². The maximum absolute atomic E-state index is 10.7. The number of rotatable bonds is 2. The summed E-state index contributed by atoms with van der Waals surface area (Å²) < 4.78 is 0. The molecule has 0 radical (unpaired) electrons. The SMILES string of the molecule is CC(=O)CC1CCCC1C. The van der Waals surface area contributed by atoms with Gasteiger partial charge in [0.2, 0.25) is 0 Å². The molecule has 0 aromatic carbocycles. The van der Waals surface area contributed by atoms with Gasteiger partial charge in [0.1, 0.15) is 5.78 Å². The first-order valence-corrected chi connectivity index (χ1v) is 4.19. The van der Waals surface area contributed by atoms with E-state index in [1.54, 1.807) is 6.92 Å². The number of carbonyl (C=O) groups excluding carboxylic acids is 1. The summed E-state index contributed by atoms with van der Waals surface area (Å²) in [5.41, 5.74) is 0. The fourth-order valence-corrected chi connectivity index (χ4v) is 1.89. The van der Waals surface area contributed by atoms with Gasteiger partial charge in [0.05, 0.1) is 0 Å². The molecule has 1 saturated carbocycles. The summed E-state index contributed by atoms with van der Waals surface area (Å²) in [4.78, 5) is 10.7. The minimum Gasteiger partial charge on any atom is -0.300 e. The fraction of sp³-hybridized carbons (Fsp3) is 0.889. The molecular weight excluding hydrogens is 124 g/mol. The second-order valence-electron chi connectivity index (χ2n) is 3.57. The molecule has 1 aliphatic carbocycles. The van der Waals surface area contributed by atoms with Crippen molar-refractivity contribution in [2.24, 2.45) is 11.8 Å². The minimum absolute atomic E-state index is 0.360. The molecule has 1 fully saturated rings. The van der Waals surface area contributed by atoms with Crippen LogP contribution in [-0.2, 0) is 4.79 Å². The highest BCUT2D eigenvalue weighted by Crippen LogP contribution is 2.33. The predicted octanol–water partition coefficient (Wildman–Crippen LogP) is 2.40. The first-order valence-electron chi connectivity index (χ1n) is 4.19. The molecule has 10 heavy (non-hydrogen) atoms. The molecule has 0 aliphatic heterocycles. The van der Waals surface area contributed by atoms with E-state index in [2.05, 4.69) is 6.92 Å². The zero-order chi connectivity index (χ0) is 7.56. The van der Waals surface area contributed by atoms with Gasteiger partial charge in [-0.05, 0) is 25.2 Å². The van der Waals surface area contributed by atoms with Crippen molar-refractivity contribution >= 4 is 5.78 Å². The average molecular weight is 140 g/mol. The Labute approximate surface area is 62.8 Å². The van der Waals surface area contributed by atoms with Crippen molar-refractivity contribution in [2.75, 3.05) is 0 Å². The van der Waals surface area contributed by atoms with E-state index >= 15 is 0 Å². The van der Waals surface area contributed by atoms with Crippen molar-refractivity contribution in [2.45, 2.75) is 39.5 Å². The van der Waals surface area contributed by atoms with Gasteiger partial charge < -0.3 is 4.79 Å². The molecule has 0 amide bonds. The van der Waals surface area contributed by atoms with Crippen LogP contribution in [0.4, 0.5) is 0 Å². The Hall–Kier alpha value is -0.330. The zero-order valence-electron chi connectivity index (χ0n) is 6.89. The Kier molecular flexibility index (Phi) is 2.47. The van der Waals surface area contributed by atoms with Gasteiger partial charge >= 0.3 is 0 Å². The van der Waals surface area contributed by atoms with Gasteiger partial charge in [0, 0.05) is 6.42 Å². The molecular formula is C9H16O. The Balaban J connectivity index is 2.33. The summed E-state index contributed by atoms with van der Waals surface area (Å²) in [6.45, 7) is 3.96. The van der Waals surface area contributed by atoms with Crippen LogP contribution in [0.25, 0.3) is 0 Å². The van der Waals surface area contributed by atoms with Gasteiger partial charge in [-0.25, -0.2) is 0 Å². The normalized spacial score (nSPS) is 32.6. The second-order valence-corrected chi connectivity index (χ2v) is 3.57. The number of hydrogen-bond acceptors (Lipinski definition) is 1. The lowest BCUT2D eigenvalue weighted by Crippen LogP contribution is -2.07. The molecule has 0 bridgehead atoms. The van der Waals surface area contributed by atoms with Gasteiger partial charge in [-0.3, -0.25) is 0 Å². The van der Waals surface area contributed by atoms with Crippen LogP contribution < -0.4 is 0 Å². The summed E-state index contributed by atoms with van der Waals surface area (Å²) in [5, 5.41) is 0. The van der Waals surface area contributed by atoms with Crippen LogP contribution in [0.15, 0.2) is 0 Å². The summed E-state index contributed by atoms with van der Waals surface area (Å²) in [6, 6.07) is 0. The van der Waals surface area contributed by atoms with E-state index in [4.69, 9.17) is 0 Å². The van der Waals surface area contributed by atoms with Crippen molar-refractivity contribution < 1.29 is 4.79 Å². The van der Waals surface area contributed by atoms with Crippen LogP contribution >= 0.6 is 0 Å². The Morgan fingerprint density at radius 2 is 2.20 bits per heavy atom. The Morgan fingerprint density at radius 1 is 1.50 bits per heavy atom. The van der Waals surface area contributed by atoms with Crippen LogP contribution in [0.5, 0.6) is 0 Å². The van der Waals surface area contributed by atoms with E-state index in [9.17, 15) is 4.79 Å². The molecule has 2 atom stereocenters. The molecule has 58 valence electrons. The van der Waals surface area contributed by atoms with E-state index < -0.39 is 0 Å². The van der Waals surface area contributed by atoms with E-state index in [1.807, 2.05) is 0 Å². The van der Waals surface area contributed by atoms with Crippen LogP contribution in [0.3, 0.4) is 0 Å². The lowest BCUT2D eigenvalue weighted by Gasteiger charge is -2.11. The summed E-state index contributed by atoms with van der Waals surface area (Å²) in [7, 11) is 0. The maximum Gasteiger partial charge on any atom is 0.130 e. The number of hydrogen-bond donors (Lipinski definition) is 0. The fourth-order valence-electron chi connectivity index (χ4n) is 1.89. The van der Waals surface area contributed by atoms with Gasteiger partial charge in [-0.2, -0.15) is 0 Å². The Morgan fingerprint density at radius 3 is 2.60 bits per heavy atom. The van der Waals surface area contributed by atoms with Crippen molar-refractivity contribution in [3.05, 3.63) is 0 Å². The Bertz CT molecular complexity index is 129. The van der Waals surface area contributed by atoms with Crippen LogP contribution in [0.1, 0.15) is 39.5 Å². The average Bonchev–Trinajstić information content (AvgIpc) is 2.15. The standard InChI is InChI=1S/C9H16O/c1-7-4-3-5-9(7)6-8(2)10/h7,9H,3-6H2,1-2H3. The van der Waals surface area contributed by atoms with Crippen molar-refractivity contribution in [1.82, 2.24) is 0 Å². The van der Waals surface area contributed by atoms with Crippen molar-refractivity contribution in [3.8, 4) is 0 Å². The molecule has 1 nitrogen and oxygen atoms in total. The highest BCUT2D eigenvalue weighted by Gasteiger charge is 2.23. The van der Waals surface area contributed by atoms with Gasteiger partial charge in [0.25, 0.3) is 0 Å². The highest BCUT2D eigenvalue weighted by atomic mass is 16.1. The topological polar surface area (TPSA) is 17.1 Å². The molecule has 0 heterocycles. The maximum atomic E-state index is 10.7. The van der Waals surface area contributed by atoms with E-state index in [1.165, 1.54) is 19.3 Å². The number of ketones is 1. The smallest absolute Gasteiger partial charge is 0.130 e. The quantitative estimate of drug-likeness (QED) is 0.575. The highest BCUT2D eigenvalue weighted by molar-refractivity contribution is 5.75. The summed E-state index contributed by atoms with van der Waals surface area (Å²) in [6.07, 6.45) is 4.76. The van der Waals surface area contributed by atoms with E-state index in [-0.39, 0.29) is 0 Å². The molecule has 1 rings (SSSR count). The summed E-state index contributed by atoms with van der Waals surface area (Å²) >= 11 is 0. The van der Waals surface area contributed by atoms with Crippen LogP contribution in [-0.4, -0.2) is 5.78 Å². The molecule has 0 saturated heterocycles. The zero-order valence-corrected chi connectivity index (χ0v) is 6.89. The number of carbonyl (C=O) groups is 1. The number of Topliss-reactive ketones (excluding diaryl/α,β-unsaturated/α-hetero) is 1. The molecule has 0 aromatic heterocycles. The second kappa shape index (κ2) is 3.18. The molecule has 0 N–H and O–H groups in total. The van der Waals surface area contributed by atoms with E-state index in [0.29, 0.717) is 11.7 Å². The molecule has 0 aromatic rings. The van der Waals surface area contributed by atoms with E-state index in [0.717, 1.165) is 12.3 Å². The van der Waals surface area contributed by atoms with Gasteiger partial charge in [0.15, 0.2) is 0 Å². The molecule has 1 heteroatoms. The molecule has 2 unspecified atom stereocenters. The van der Waals surface area contributed by atoms with Crippen LogP contribution in [0.2, 0.25) is 0 Å². The third-order valence-electron chi connectivity index (χ3n) is 2.59. The lowest BCUT2D eigenvalue weighted by atomic mass is 9.93.